The fraction of sp³-hybridized carbons (Fsp3) is 0.364. The molecule has 156 valence electrons. The number of hydrogen-bond acceptors (Lipinski definition) is 5. The van der Waals surface area contributed by atoms with Crippen molar-refractivity contribution in [3.05, 3.63) is 65.5 Å². The third kappa shape index (κ3) is 7.19. The Balaban J connectivity index is 2.17. The van der Waals surface area contributed by atoms with E-state index in [0.717, 1.165) is 11.3 Å². The molecule has 2 aromatic rings. The van der Waals surface area contributed by atoms with Crippen LogP contribution in [0.4, 0.5) is 4.39 Å². The summed E-state index contributed by atoms with van der Waals surface area (Å²) in [5.74, 6) is -1.89. The molecule has 0 spiro atoms. The molecule has 0 saturated heterocycles. The molecule has 0 heterocycles. The van der Waals surface area contributed by atoms with E-state index < -0.39 is 17.7 Å². The first kappa shape index (κ1) is 22.4. The monoisotopic (exact) mass is 403 g/mol. The first-order valence-electron chi connectivity index (χ1n) is 9.42. The third-order valence-electron chi connectivity index (χ3n) is 4.51. The molecule has 0 fully saturated rings. The topological polar surface area (TPSA) is 76.1 Å². The van der Waals surface area contributed by atoms with Gasteiger partial charge in [-0.25, -0.2) is 4.39 Å². The molecule has 2 aromatic carbocycles. The number of hydrogen-bond donors (Lipinski definition) is 1. The molecule has 0 aliphatic carbocycles. The highest BCUT2D eigenvalue weighted by Crippen LogP contribution is 2.21. The molecule has 1 unspecified atom stereocenters. The minimum absolute atomic E-state index is 0.153. The van der Waals surface area contributed by atoms with E-state index in [1.54, 1.807) is 14.0 Å². The van der Waals surface area contributed by atoms with Crippen LogP contribution in [0.15, 0.2) is 48.5 Å². The van der Waals surface area contributed by atoms with Crippen molar-refractivity contribution in [3.63, 3.8) is 0 Å². The Morgan fingerprint density at radius 1 is 1.10 bits per heavy atom. The molecule has 0 radical (unpaired) electrons. The Morgan fingerprint density at radius 2 is 1.76 bits per heavy atom. The number of methoxy groups -OCH3 is 1. The predicted molar refractivity (Wildman–Crippen MR) is 106 cm³/mol. The number of rotatable bonds is 11. The lowest BCUT2D eigenvalue weighted by molar-refractivity contribution is -0.143. The maximum absolute atomic E-state index is 13.2. The normalized spacial score (nSPS) is 11.9. The number of benzene rings is 2. The Kier molecular flexibility index (Phi) is 8.61. The lowest BCUT2D eigenvalue weighted by atomic mass is 9.98. The Hall–Kier alpha value is -2.93. The number of esters is 1. The fourth-order valence-corrected chi connectivity index (χ4v) is 2.99. The van der Waals surface area contributed by atoms with Crippen molar-refractivity contribution in [2.45, 2.75) is 25.8 Å². The zero-order valence-electron chi connectivity index (χ0n) is 16.6. The van der Waals surface area contributed by atoms with Crippen molar-refractivity contribution in [2.75, 3.05) is 26.8 Å². The molecule has 0 bridgehead atoms. The van der Waals surface area contributed by atoms with Gasteiger partial charge in [-0.3, -0.25) is 14.5 Å². The number of halogens is 1. The summed E-state index contributed by atoms with van der Waals surface area (Å²) in [6.45, 7) is 3.00. The van der Waals surface area contributed by atoms with E-state index in [1.165, 1.54) is 24.3 Å². The van der Waals surface area contributed by atoms with Crippen LogP contribution in [-0.4, -0.2) is 48.8 Å². The zero-order valence-corrected chi connectivity index (χ0v) is 16.6. The number of carboxylic acid groups (broad SMARTS) is 1. The third-order valence-corrected chi connectivity index (χ3v) is 4.51. The van der Waals surface area contributed by atoms with E-state index in [2.05, 4.69) is 0 Å². The Labute approximate surface area is 169 Å². The first-order chi connectivity index (χ1) is 13.9. The summed E-state index contributed by atoms with van der Waals surface area (Å²) in [4.78, 5) is 25.5. The van der Waals surface area contributed by atoms with Crippen molar-refractivity contribution >= 4 is 11.9 Å². The number of carbonyl (C=O) groups excluding carboxylic acids is 1. The van der Waals surface area contributed by atoms with Crippen molar-refractivity contribution < 1.29 is 28.6 Å². The number of aliphatic carboxylic acids is 1. The largest absolute Gasteiger partial charge is 0.497 e. The molecule has 29 heavy (non-hydrogen) atoms. The highest BCUT2D eigenvalue weighted by atomic mass is 19.1. The van der Waals surface area contributed by atoms with Crippen LogP contribution in [0.3, 0.4) is 0 Å². The van der Waals surface area contributed by atoms with Crippen LogP contribution in [0, 0.1) is 5.82 Å². The average molecular weight is 403 g/mol. The molecule has 0 saturated carbocycles. The molecule has 0 aliphatic rings. The SMILES string of the molecule is CCOC(=O)CCN(Cc1ccc(OC)cc1)CC(C(=O)O)c1ccc(F)cc1. The quantitative estimate of drug-likeness (QED) is 0.579. The van der Waals surface area contributed by atoms with E-state index >= 15 is 0 Å². The fourth-order valence-electron chi connectivity index (χ4n) is 2.99. The molecule has 1 N–H and O–H groups in total. The maximum Gasteiger partial charge on any atom is 0.312 e. The van der Waals surface area contributed by atoms with E-state index in [4.69, 9.17) is 9.47 Å². The van der Waals surface area contributed by atoms with Crippen LogP contribution in [0.25, 0.3) is 0 Å². The van der Waals surface area contributed by atoms with E-state index in [1.807, 2.05) is 29.2 Å². The summed E-state index contributed by atoms with van der Waals surface area (Å²) < 4.78 is 23.4. The number of carbonyl (C=O) groups is 2. The van der Waals surface area contributed by atoms with Crippen LogP contribution < -0.4 is 4.74 Å². The molecule has 0 aliphatic heterocycles. The van der Waals surface area contributed by atoms with Gasteiger partial charge < -0.3 is 14.6 Å². The van der Waals surface area contributed by atoms with Gasteiger partial charge in [0, 0.05) is 19.6 Å². The van der Waals surface area contributed by atoms with Crippen molar-refractivity contribution in [2.24, 2.45) is 0 Å². The minimum Gasteiger partial charge on any atom is -0.497 e. The second-order valence-electron chi connectivity index (χ2n) is 6.58. The summed E-state index contributed by atoms with van der Waals surface area (Å²) in [6, 6.07) is 12.9. The summed E-state index contributed by atoms with van der Waals surface area (Å²) in [7, 11) is 1.58. The molecule has 0 amide bonds. The smallest absolute Gasteiger partial charge is 0.312 e. The van der Waals surface area contributed by atoms with E-state index in [0.29, 0.717) is 25.3 Å². The minimum atomic E-state index is -1.01. The number of nitrogens with zero attached hydrogens (tertiary/aromatic N) is 1. The van der Waals surface area contributed by atoms with Gasteiger partial charge in [0.15, 0.2) is 0 Å². The lowest BCUT2D eigenvalue weighted by Crippen LogP contribution is -2.33. The van der Waals surface area contributed by atoms with E-state index in [9.17, 15) is 19.1 Å². The highest BCUT2D eigenvalue weighted by molar-refractivity contribution is 5.76. The van der Waals surface area contributed by atoms with Gasteiger partial charge in [0.25, 0.3) is 0 Å². The highest BCUT2D eigenvalue weighted by Gasteiger charge is 2.24. The number of carboxylic acids is 1. The molecular weight excluding hydrogens is 377 g/mol. The van der Waals surface area contributed by atoms with Crippen LogP contribution >= 0.6 is 0 Å². The van der Waals surface area contributed by atoms with Crippen molar-refractivity contribution in [1.29, 1.82) is 0 Å². The van der Waals surface area contributed by atoms with Crippen molar-refractivity contribution in [3.8, 4) is 5.75 Å². The van der Waals surface area contributed by atoms with Gasteiger partial charge in [-0.1, -0.05) is 24.3 Å². The van der Waals surface area contributed by atoms with Crippen LogP contribution in [0.2, 0.25) is 0 Å². The van der Waals surface area contributed by atoms with Crippen LogP contribution in [0.1, 0.15) is 30.4 Å². The van der Waals surface area contributed by atoms with Gasteiger partial charge in [-0.2, -0.15) is 0 Å². The first-order valence-corrected chi connectivity index (χ1v) is 9.42. The van der Waals surface area contributed by atoms with E-state index in [-0.39, 0.29) is 18.9 Å². The molecule has 1 atom stereocenters. The summed E-state index contributed by atoms with van der Waals surface area (Å²) in [5, 5.41) is 9.71. The molecular formula is C22H26FNO5. The predicted octanol–water partition coefficient (Wildman–Crippen LogP) is 3.46. The molecule has 2 rings (SSSR count). The zero-order chi connectivity index (χ0) is 21.2. The molecule has 0 aromatic heterocycles. The van der Waals surface area contributed by atoms with Gasteiger partial charge in [0.1, 0.15) is 11.6 Å². The lowest BCUT2D eigenvalue weighted by Gasteiger charge is -2.26. The van der Waals surface area contributed by atoms with Crippen molar-refractivity contribution in [1.82, 2.24) is 4.90 Å². The summed E-state index contributed by atoms with van der Waals surface area (Å²) >= 11 is 0. The van der Waals surface area contributed by atoms with Gasteiger partial charge in [0.2, 0.25) is 0 Å². The molecule has 7 heteroatoms. The van der Waals surface area contributed by atoms with Gasteiger partial charge in [-0.15, -0.1) is 0 Å². The molecule has 6 nitrogen and oxygen atoms in total. The average Bonchev–Trinajstić information content (AvgIpc) is 2.71. The van der Waals surface area contributed by atoms with Gasteiger partial charge >= 0.3 is 11.9 Å². The summed E-state index contributed by atoms with van der Waals surface area (Å²) in [5.41, 5.74) is 1.47. The van der Waals surface area contributed by atoms with Crippen LogP contribution in [-0.2, 0) is 20.9 Å². The number of ether oxygens (including phenoxy) is 2. The second-order valence-corrected chi connectivity index (χ2v) is 6.58. The van der Waals surface area contributed by atoms with Gasteiger partial charge in [0.05, 0.1) is 26.1 Å². The second kappa shape index (κ2) is 11.2. The van der Waals surface area contributed by atoms with Gasteiger partial charge in [-0.05, 0) is 42.3 Å². The maximum atomic E-state index is 13.2. The van der Waals surface area contributed by atoms with Crippen LogP contribution in [0.5, 0.6) is 5.75 Å². The Bertz CT molecular complexity index is 792. The Morgan fingerprint density at radius 3 is 2.31 bits per heavy atom. The summed E-state index contributed by atoms with van der Waals surface area (Å²) in [6.07, 6.45) is 0.153. The standard InChI is InChI=1S/C22H26FNO5/c1-3-29-21(25)12-13-24(14-16-4-10-19(28-2)11-5-16)15-20(22(26)27)17-6-8-18(23)9-7-17/h4-11,20H,3,12-15H2,1-2H3,(H,26,27).